The van der Waals surface area contributed by atoms with Crippen LogP contribution in [-0.4, -0.2) is 26.0 Å². The Morgan fingerprint density at radius 1 is 1.38 bits per heavy atom. The van der Waals surface area contributed by atoms with Gasteiger partial charge in [-0.05, 0) is 44.1 Å². The van der Waals surface area contributed by atoms with Crippen molar-refractivity contribution in [2.24, 2.45) is 11.8 Å². The van der Waals surface area contributed by atoms with Crippen LogP contribution in [0.4, 0.5) is 5.82 Å². The number of rotatable bonds is 5. The molecule has 2 aliphatic carbocycles. The van der Waals surface area contributed by atoms with Crippen molar-refractivity contribution < 1.29 is 8.42 Å². The molecule has 3 unspecified atom stereocenters. The minimum Gasteiger partial charge on any atom is -0.369 e. The van der Waals surface area contributed by atoms with Crippen molar-refractivity contribution in [3.63, 3.8) is 0 Å². The fraction of sp³-hybridized carbons (Fsp3) is 0.643. The molecule has 3 rings (SSSR count). The molecule has 0 radical (unpaired) electrons. The first-order valence-electron chi connectivity index (χ1n) is 7.41. The van der Waals surface area contributed by atoms with Crippen LogP contribution < -0.4 is 10.0 Å². The van der Waals surface area contributed by atoms with Gasteiger partial charge in [-0.3, -0.25) is 0 Å². The van der Waals surface area contributed by atoms with Crippen LogP contribution in [0.3, 0.4) is 0 Å². The molecule has 7 heteroatoms. The van der Waals surface area contributed by atoms with E-state index in [0.717, 1.165) is 19.3 Å². The van der Waals surface area contributed by atoms with Gasteiger partial charge in [-0.1, -0.05) is 18.0 Å². The summed E-state index contributed by atoms with van der Waals surface area (Å²) in [6.45, 7) is 2.61. The van der Waals surface area contributed by atoms with Crippen molar-refractivity contribution in [1.29, 1.82) is 0 Å². The molecule has 2 fully saturated rings. The maximum atomic E-state index is 12.5. The quantitative estimate of drug-likeness (QED) is 0.871. The molecule has 2 bridgehead atoms. The average molecular weight is 330 g/mol. The van der Waals surface area contributed by atoms with Gasteiger partial charge in [-0.25, -0.2) is 18.1 Å². The second-order valence-electron chi connectivity index (χ2n) is 5.93. The van der Waals surface area contributed by atoms with Gasteiger partial charge < -0.3 is 5.32 Å². The van der Waals surface area contributed by atoms with Crippen LogP contribution in [-0.2, 0) is 10.0 Å². The second kappa shape index (κ2) is 5.74. The first-order chi connectivity index (χ1) is 9.99. The van der Waals surface area contributed by atoms with Crippen molar-refractivity contribution in [2.75, 3.05) is 11.9 Å². The summed E-state index contributed by atoms with van der Waals surface area (Å²) in [5, 5.41) is 3.32. The van der Waals surface area contributed by atoms with E-state index in [0.29, 0.717) is 29.2 Å². The Kier molecular flexibility index (Phi) is 4.12. The Labute approximate surface area is 130 Å². The molecule has 0 spiro atoms. The van der Waals surface area contributed by atoms with Crippen LogP contribution in [0.2, 0.25) is 5.02 Å². The van der Waals surface area contributed by atoms with Crippen LogP contribution >= 0.6 is 11.6 Å². The standard InChI is InChI=1S/C14H20ClN3O2S/c1-2-16-14-12(15)7-11(8-17-14)21(19,20)18-13-6-9-3-4-10(13)5-9/h7-10,13,18H,2-6H2,1H3,(H,16,17). The van der Waals surface area contributed by atoms with Gasteiger partial charge in [0, 0.05) is 18.8 Å². The highest BCUT2D eigenvalue weighted by atomic mass is 35.5. The molecular weight excluding hydrogens is 310 g/mol. The van der Waals surface area contributed by atoms with Crippen molar-refractivity contribution >= 4 is 27.4 Å². The van der Waals surface area contributed by atoms with E-state index in [1.54, 1.807) is 0 Å². The molecular formula is C14H20ClN3O2S. The third-order valence-corrected chi connectivity index (χ3v) is 6.26. The summed E-state index contributed by atoms with van der Waals surface area (Å²) < 4.78 is 27.7. The van der Waals surface area contributed by atoms with E-state index >= 15 is 0 Å². The van der Waals surface area contributed by atoms with E-state index in [2.05, 4.69) is 15.0 Å². The minimum atomic E-state index is -3.55. The van der Waals surface area contributed by atoms with Gasteiger partial charge in [0.15, 0.2) is 0 Å². The number of nitrogens with zero attached hydrogens (tertiary/aromatic N) is 1. The van der Waals surface area contributed by atoms with Crippen molar-refractivity contribution in [3.05, 3.63) is 17.3 Å². The van der Waals surface area contributed by atoms with Gasteiger partial charge in [0.2, 0.25) is 10.0 Å². The van der Waals surface area contributed by atoms with Gasteiger partial charge in [0.25, 0.3) is 0 Å². The summed E-state index contributed by atoms with van der Waals surface area (Å²) in [5.41, 5.74) is 0. The summed E-state index contributed by atoms with van der Waals surface area (Å²) in [5.74, 6) is 1.70. The molecule has 0 saturated heterocycles. The normalized spacial score (nSPS) is 28.0. The van der Waals surface area contributed by atoms with E-state index < -0.39 is 10.0 Å². The number of aromatic nitrogens is 1. The lowest BCUT2D eigenvalue weighted by atomic mass is 9.96. The third-order valence-electron chi connectivity index (χ3n) is 4.52. The predicted molar refractivity (Wildman–Crippen MR) is 83.0 cm³/mol. The lowest BCUT2D eigenvalue weighted by Crippen LogP contribution is -2.38. The van der Waals surface area contributed by atoms with Crippen molar-refractivity contribution in [3.8, 4) is 0 Å². The second-order valence-corrected chi connectivity index (χ2v) is 8.06. The number of hydrogen-bond acceptors (Lipinski definition) is 4. The molecule has 3 atom stereocenters. The van der Waals surface area contributed by atoms with E-state index in [-0.39, 0.29) is 10.9 Å². The summed E-state index contributed by atoms with van der Waals surface area (Å²) >= 11 is 6.08. The monoisotopic (exact) mass is 329 g/mol. The molecule has 5 nitrogen and oxygen atoms in total. The maximum absolute atomic E-state index is 12.5. The van der Waals surface area contributed by atoms with E-state index in [1.165, 1.54) is 18.7 Å². The summed E-state index contributed by atoms with van der Waals surface area (Å²) in [4.78, 5) is 4.23. The Morgan fingerprint density at radius 3 is 2.76 bits per heavy atom. The van der Waals surface area contributed by atoms with Gasteiger partial charge >= 0.3 is 0 Å². The zero-order valence-corrected chi connectivity index (χ0v) is 13.5. The number of sulfonamides is 1. The van der Waals surface area contributed by atoms with E-state index in [4.69, 9.17) is 11.6 Å². The highest BCUT2D eigenvalue weighted by molar-refractivity contribution is 7.89. The molecule has 21 heavy (non-hydrogen) atoms. The summed E-state index contributed by atoms with van der Waals surface area (Å²) in [6.07, 6.45) is 5.86. The van der Waals surface area contributed by atoms with E-state index in [9.17, 15) is 8.42 Å². The molecule has 0 amide bonds. The number of pyridine rings is 1. The van der Waals surface area contributed by atoms with Gasteiger partial charge in [0.1, 0.15) is 10.7 Å². The number of nitrogens with one attached hydrogen (secondary N) is 2. The lowest BCUT2D eigenvalue weighted by Gasteiger charge is -2.22. The Bertz CT molecular complexity index is 635. The number of hydrogen-bond donors (Lipinski definition) is 2. The van der Waals surface area contributed by atoms with Crippen LogP contribution in [0, 0.1) is 11.8 Å². The zero-order chi connectivity index (χ0) is 15.0. The number of fused-ring (bicyclic) bond motifs is 2. The zero-order valence-electron chi connectivity index (χ0n) is 12.0. The Hall–Kier alpha value is -0.850. The first-order valence-corrected chi connectivity index (χ1v) is 9.27. The van der Waals surface area contributed by atoms with Crippen molar-refractivity contribution in [1.82, 2.24) is 9.71 Å². The predicted octanol–water partition coefficient (Wildman–Crippen LogP) is 2.63. The van der Waals surface area contributed by atoms with Crippen molar-refractivity contribution in [2.45, 2.75) is 43.5 Å². The molecule has 116 valence electrons. The SMILES string of the molecule is CCNc1ncc(S(=O)(=O)NC2CC3CCC2C3)cc1Cl. The molecule has 2 saturated carbocycles. The lowest BCUT2D eigenvalue weighted by molar-refractivity contribution is 0.390. The van der Waals surface area contributed by atoms with Gasteiger partial charge in [0.05, 0.1) is 5.02 Å². The summed E-state index contributed by atoms with van der Waals surface area (Å²) in [7, 11) is -3.55. The first kappa shape index (κ1) is 15.1. The molecule has 2 N–H and O–H groups in total. The van der Waals surface area contributed by atoms with Crippen LogP contribution in [0.5, 0.6) is 0 Å². The van der Waals surface area contributed by atoms with Crippen LogP contribution in [0.25, 0.3) is 0 Å². The van der Waals surface area contributed by atoms with Gasteiger partial charge in [-0.2, -0.15) is 0 Å². The number of halogens is 1. The molecule has 2 aliphatic rings. The molecule has 1 heterocycles. The average Bonchev–Trinajstić information content (AvgIpc) is 3.03. The molecule has 1 aromatic rings. The Balaban J connectivity index is 1.77. The highest BCUT2D eigenvalue weighted by Gasteiger charge is 2.41. The number of anilines is 1. The van der Waals surface area contributed by atoms with Crippen LogP contribution in [0.15, 0.2) is 17.2 Å². The minimum absolute atomic E-state index is 0.0703. The molecule has 0 aliphatic heterocycles. The van der Waals surface area contributed by atoms with E-state index in [1.807, 2.05) is 6.92 Å². The van der Waals surface area contributed by atoms with Gasteiger partial charge in [-0.15, -0.1) is 0 Å². The fourth-order valence-electron chi connectivity index (χ4n) is 3.52. The van der Waals surface area contributed by atoms with Crippen LogP contribution in [0.1, 0.15) is 32.6 Å². The molecule has 1 aromatic heterocycles. The largest absolute Gasteiger partial charge is 0.369 e. The fourth-order valence-corrected chi connectivity index (χ4v) is 5.11. The highest BCUT2D eigenvalue weighted by Crippen LogP contribution is 2.44. The topological polar surface area (TPSA) is 71.1 Å². The third kappa shape index (κ3) is 3.03. The summed E-state index contributed by atoms with van der Waals surface area (Å²) in [6, 6.07) is 1.53. The smallest absolute Gasteiger partial charge is 0.242 e. The maximum Gasteiger partial charge on any atom is 0.242 e. The Morgan fingerprint density at radius 2 is 2.19 bits per heavy atom. The molecule has 0 aromatic carbocycles.